The first-order valence-corrected chi connectivity index (χ1v) is 6.64. The molecule has 1 aliphatic heterocycles. The number of hydrogen-bond acceptors (Lipinski definition) is 7. The molecule has 2 rings (SSSR count). The molecule has 0 bridgehead atoms. The van der Waals surface area contributed by atoms with Crippen LogP contribution < -0.4 is 10.1 Å². The molecule has 1 fully saturated rings. The lowest BCUT2D eigenvalue weighted by Gasteiger charge is -2.40. The fourth-order valence-corrected chi connectivity index (χ4v) is 2.14. The minimum absolute atomic E-state index is 0.281. The van der Waals surface area contributed by atoms with E-state index in [-0.39, 0.29) is 5.69 Å². The Labute approximate surface area is 128 Å². The van der Waals surface area contributed by atoms with Gasteiger partial charge < -0.3 is 35.2 Å². The number of halogens is 3. The van der Waals surface area contributed by atoms with Gasteiger partial charge in [-0.15, -0.1) is 13.2 Å². The number of aliphatic hydroxyl groups is 4. The van der Waals surface area contributed by atoms with Crippen molar-refractivity contribution in [2.24, 2.45) is 0 Å². The van der Waals surface area contributed by atoms with Gasteiger partial charge >= 0.3 is 6.36 Å². The van der Waals surface area contributed by atoms with Crippen molar-refractivity contribution >= 4 is 5.69 Å². The quantitative estimate of drug-likeness (QED) is 0.516. The van der Waals surface area contributed by atoms with Crippen molar-refractivity contribution in [2.75, 3.05) is 11.9 Å². The fourth-order valence-electron chi connectivity index (χ4n) is 2.14. The van der Waals surface area contributed by atoms with Crippen molar-refractivity contribution in [1.29, 1.82) is 0 Å². The van der Waals surface area contributed by atoms with Crippen LogP contribution in [0, 0.1) is 0 Å². The van der Waals surface area contributed by atoms with E-state index in [1.54, 1.807) is 0 Å². The summed E-state index contributed by atoms with van der Waals surface area (Å²) in [7, 11) is 0. The number of ether oxygens (including phenoxy) is 2. The zero-order chi connectivity index (χ0) is 17.2. The van der Waals surface area contributed by atoms with Gasteiger partial charge in [-0.05, 0) is 24.3 Å². The maximum Gasteiger partial charge on any atom is 0.573 e. The first-order chi connectivity index (χ1) is 10.7. The molecule has 0 aliphatic carbocycles. The number of aliphatic hydroxyl groups excluding tert-OH is 4. The van der Waals surface area contributed by atoms with E-state index in [1.807, 2.05) is 0 Å². The first-order valence-electron chi connectivity index (χ1n) is 6.64. The zero-order valence-corrected chi connectivity index (χ0v) is 11.6. The largest absolute Gasteiger partial charge is 0.573 e. The van der Waals surface area contributed by atoms with E-state index >= 15 is 0 Å². The molecule has 0 saturated carbocycles. The topological polar surface area (TPSA) is 111 Å². The predicted octanol–water partition coefficient (Wildman–Crippen LogP) is -0.203. The Balaban J connectivity index is 2.03. The van der Waals surface area contributed by atoms with E-state index in [4.69, 9.17) is 9.84 Å². The lowest BCUT2D eigenvalue weighted by molar-refractivity contribution is -0.274. The van der Waals surface area contributed by atoms with Crippen LogP contribution in [0.4, 0.5) is 18.9 Å². The van der Waals surface area contributed by atoms with E-state index < -0.39 is 49.4 Å². The first kappa shape index (κ1) is 17.8. The summed E-state index contributed by atoms with van der Waals surface area (Å²) in [6, 6.07) is 4.62. The second-order valence-electron chi connectivity index (χ2n) is 4.97. The summed E-state index contributed by atoms with van der Waals surface area (Å²) in [6.07, 6.45) is -11.6. The molecule has 1 aromatic carbocycles. The molecule has 5 atom stereocenters. The molecule has 0 unspecified atom stereocenters. The second-order valence-corrected chi connectivity index (χ2v) is 4.97. The Morgan fingerprint density at radius 1 is 1.04 bits per heavy atom. The third-order valence-corrected chi connectivity index (χ3v) is 3.29. The van der Waals surface area contributed by atoms with Crippen LogP contribution in [0.5, 0.6) is 5.75 Å². The lowest BCUT2D eigenvalue weighted by Crippen LogP contribution is -2.60. The van der Waals surface area contributed by atoms with Crippen LogP contribution in [0.1, 0.15) is 0 Å². The maximum atomic E-state index is 12.1. The molecule has 1 saturated heterocycles. The molecule has 7 nitrogen and oxygen atoms in total. The molecule has 0 amide bonds. The highest BCUT2D eigenvalue weighted by molar-refractivity contribution is 5.47. The van der Waals surface area contributed by atoms with Gasteiger partial charge in [-0.3, -0.25) is 0 Å². The maximum absolute atomic E-state index is 12.1. The summed E-state index contributed by atoms with van der Waals surface area (Å²) in [5, 5.41) is 40.8. The molecule has 10 heteroatoms. The SMILES string of the molecule is OC[C@@H]1O[C@@H](Nc2ccc(OC(F)(F)F)cc2)[C@@H](O)[C@H](O)[C@H]1O. The zero-order valence-electron chi connectivity index (χ0n) is 11.6. The van der Waals surface area contributed by atoms with Crippen molar-refractivity contribution < 1.29 is 43.1 Å². The Hall–Kier alpha value is -1.59. The third kappa shape index (κ3) is 4.45. The van der Waals surface area contributed by atoms with E-state index in [0.717, 1.165) is 12.1 Å². The molecule has 130 valence electrons. The van der Waals surface area contributed by atoms with Gasteiger partial charge in [0.1, 0.15) is 30.2 Å². The molecular formula is C13H16F3NO6. The Morgan fingerprint density at radius 3 is 2.17 bits per heavy atom. The molecule has 1 aliphatic rings. The van der Waals surface area contributed by atoms with Gasteiger partial charge in [0.2, 0.25) is 0 Å². The number of nitrogens with one attached hydrogen (secondary N) is 1. The van der Waals surface area contributed by atoms with Crippen LogP contribution in [-0.4, -0.2) is 64.0 Å². The van der Waals surface area contributed by atoms with E-state index in [9.17, 15) is 28.5 Å². The van der Waals surface area contributed by atoms with Crippen LogP contribution >= 0.6 is 0 Å². The van der Waals surface area contributed by atoms with Gasteiger partial charge in [0, 0.05) is 5.69 Å². The molecule has 23 heavy (non-hydrogen) atoms. The van der Waals surface area contributed by atoms with E-state index in [2.05, 4.69) is 10.1 Å². The van der Waals surface area contributed by atoms with Crippen LogP contribution in [0.25, 0.3) is 0 Å². The number of alkyl halides is 3. The third-order valence-electron chi connectivity index (χ3n) is 3.29. The van der Waals surface area contributed by atoms with Gasteiger partial charge in [-0.1, -0.05) is 0 Å². The molecule has 0 radical (unpaired) electrons. The molecule has 1 heterocycles. The van der Waals surface area contributed by atoms with Crippen molar-refractivity contribution in [2.45, 2.75) is 37.0 Å². The monoisotopic (exact) mass is 339 g/mol. The average Bonchev–Trinajstić information content (AvgIpc) is 2.48. The molecule has 0 aromatic heterocycles. The smallest absolute Gasteiger partial charge is 0.406 e. The Kier molecular flexibility index (Phi) is 5.32. The van der Waals surface area contributed by atoms with Crippen LogP contribution in [0.3, 0.4) is 0 Å². The van der Waals surface area contributed by atoms with E-state index in [1.165, 1.54) is 12.1 Å². The highest BCUT2D eigenvalue weighted by Crippen LogP contribution is 2.26. The van der Waals surface area contributed by atoms with Gasteiger partial charge in [0.15, 0.2) is 6.23 Å². The summed E-state index contributed by atoms with van der Waals surface area (Å²) in [5.41, 5.74) is 0.281. The number of anilines is 1. The van der Waals surface area contributed by atoms with Gasteiger partial charge in [-0.25, -0.2) is 0 Å². The number of hydrogen-bond donors (Lipinski definition) is 5. The normalized spacial score (nSPS) is 31.7. The van der Waals surface area contributed by atoms with Crippen LogP contribution in [-0.2, 0) is 4.74 Å². The number of benzene rings is 1. The minimum atomic E-state index is -4.80. The van der Waals surface area contributed by atoms with Crippen molar-refractivity contribution in [1.82, 2.24) is 0 Å². The van der Waals surface area contributed by atoms with Crippen molar-refractivity contribution in [3.05, 3.63) is 24.3 Å². The summed E-state index contributed by atoms with van der Waals surface area (Å²) in [6.45, 7) is -0.582. The highest BCUT2D eigenvalue weighted by Gasteiger charge is 2.43. The van der Waals surface area contributed by atoms with Gasteiger partial charge in [-0.2, -0.15) is 0 Å². The highest BCUT2D eigenvalue weighted by atomic mass is 19.4. The Morgan fingerprint density at radius 2 is 1.65 bits per heavy atom. The second kappa shape index (κ2) is 6.89. The van der Waals surface area contributed by atoms with Gasteiger partial charge in [0.25, 0.3) is 0 Å². The van der Waals surface area contributed by atoms with Crippen LogP contribution in [0.2, 0.25) is 0 Å². The average molecular weight is 339 g/mol. The lowest BCUT2D eigenvalue weighted by atomic mass is 9.98. The van der Waals surface area contributed by atoms with Crippen molar-refractivity contribution in [3.8, 4) is 5.75 Å². The Bertz CT molecular complexity index is 509. The summed E-state index contributed by atoms with van der Waals surface area (Å²) < 4.78 is 45.1. The molecule has 0 spiro atoms. The van der Waals surface area contributed by atoms with Gasteiger partial charge in [0.05, 0.1) is 6.61 Å². The van der Waals surface area contributed by atoms with Crippen LogP contribution in [0.15, 0.2) is 24.3 Å². The van der Waals surface area contributed by atoms with Crippen molar-refractivity contribution in [3.63, 3.8) is 0 Å². The summed E-state index contributed by atoms with van der Waals surface area (Å²) in [5.74, 6) is -0.420. The predicted molar refractivity (Wildman–Crippen MR) is 70.5 cm³/mol. The fraction of sp³-hybridized carbons (Fsp3) is 0.538. The minimum Gasteiger partial charge on any atom is -0.406 e. The molecule has 5 N–H and O–H groups in total. The molecular weight excluding hydrogens is 323 g/mol. The summed E-state index contributed by atoms with van der Waals surface area (Å²) in [4.78, 5) is 0. The standard InChI is InChI=1S/C13H16F3NO6/c14-13(15,16)23-7-3-1-6(2-4-7)17-12-11(21)10(20)9(19)8(5-18)22-12/h1-4,8-12,17-21H,5H2/t8-,9-,10+,11-,12+/m0/s1. The number of rotatable bonds is 4. The molecule has 1 aromatic rings. The summed E-state index contributed by atoms with van der Waals surface area (Å²) >= 11 is 0. The van der Waals surface area contributed by atoms with E-state index in [0.29, 0.717) is 0 Å².